The zero-order chi connectivity index (χ0) is 17.8. The standard InChI is InChI=1S/C18H12N2O4S/c1-23-15-8-11(9-16-17(21)20-18(22)25-16)6-7-14(15)24-13-5-3-2-4-12(13)10-19/h2-9H,1H3,(H,20,21,22)/b16-9-. The predicted molar refractivity (Wildman–Crippen MR) is 93.3 cm³/mol. The Hall–Kier alpha value is -3.24. The average molecular weight is 352 g/mol. The van der Waals surface area contributed by atoms with Crippen LogP contribution in [0.5, 0.6) is 17.2 Å². The van der Waals surface area contributed by atoms with E-state index in [2.05, 4.69) is 11.4 Å². The van der Waals surface area contributed by atoms with E-state index in [1.807, 2.05) is 0 Å². The fraction of sp³-hybridized carbons (Fsp3) is 0.0556. The van der Waals surface area contributed by atoms with Gasteiger partial charge in [0.25, 0.3) is 11.1 Å². The molecule has 1 aliphatic heterocycles. The molecular weight excluding hydrogens is 340 g/mol. The quantitative estimate of drug-likeness (QED) is 0.845. The Morgan fingerprint density at radius 3 is 2.60 bits per heavy atom. The van der Waals surface area contributed by atoms with Crippen LogP contribution in [0, 0.1) is 11.3 Å². The molecule has 0 aromatic heterocycles. The number of nitrogens with zero attached hydrogens (tertiary/aromatic N) is 1. The summed E-state index contributed by atoms with van der Waals surface area (Å²) in [6.45, 7) is 0. The van der Waals surface area contributed by atoms with E-state index in [0.717, 1.165) is 11.8 Å². The maximum atomic E-state index is 11.6. The van der Waals surface area contributed by atoms with Crippen molar-refractivity contribution in [3.05, 3.63) is 58.5 Å². The van der Waals surface area contributed by atoms with E-state index in [0.29, 0.717) is 33.3 Å². The molecule has 2 aromatic carbocycles. The van der Waals surface area contributed by atoms with Crippen molar-refractivity contribution in [1.82, 2.24) is 5.32 Å². The van der Waals surface area contributed by atoms with Gasteiger partial charge in [-0.15, -0.1) is 0 Å². The molecule has 1 N–H and O–H groups in total. The number of thioether (sulfide) groups is 1. The van der Waals surface area contributed by atoms with Gasteiger partial charge in [0.15, 0.2) is 11.5 Å². The molecule has 0 spiro atoms. The number of ether oxygens (including phenoxy) is 2. The highest BCUT2D eigenvalue weighted by Crippen LogP contribution is 2.35. The summed E-state index contributed by atoms with van der Waals surface area (Å²) in [6.07, 6.45) is 1.60. The SMILES string of the molecule is COc1cc(/C=C2\SC(=O)NC2=O)ccc1Oc1ccccc1C#N. The molecular formula is C18H12N2O4S. The van der Waals surface area contributed by atoms with Crippen LogP contribution in [0.3, 0.4) is 0 Å². The largest absolute Gasteiger partial charge is 0.493 e. The molecule has 7 heteroatoms. The summed E-state index contributed by atoms with van der Waals surface area (Å²) in [6, 6.07) is 14.0. The molecule has 3 rings (SSSR count). The molecule has 0 aliphatic carbocycles. The number of benzene rings is 2. The Kier molecular flexibility index (Phi) is 4.73. The van der Waals surface area contributed by atoms with Gasteiger partial charge in [0, 0.05) is 0 Å². The van der Waals surface area contributed by atoms with Crippen LogP contribution in [0.15, 0.2) is 47.4 Å². The van der Waals surface area contributed by atoms with Crippen molar-refractivity contribution in [2.45, 2.75) is 0 Å². The number of nitriles is 1. The number of imide groups is 1. The summed E-state index contributed by atoms with van der Waals surface area (Å²) in [5.41, 5.74) is 1.10. The van der Waals surface area contributed by atoms with E-state index in [1.54, 1.807) is 48.5 Å². The van der Waals surface area contributed by atoms with Crippen LogP contribution in [0.1, 0.15) is 11.1 Å². The normalized spacial score (nSPS) is 15.0. The van der Waals surface area contributed by atoms with Gasteiger partial charge in [-0.25, -0.2) is 0 Å². The molecule has 25 heavy (non-hydrogen) atoms. The summed E-state index contributed by atoms with van der Waals surface area (Å²) in [7, 11) is 1.50. The summed E-state index contributed by atoms with van der Waals surface area (Å²) in [4.78, 5) is 23.1. The Bertz CT molecular complexity index is 931. The Morgan fingerprint density at radius 1 is 1.12 bits per heavy atom. The number of rotatable bonds is 4. The lowest BCUT2D eigenvalue weighted by Crippen LogP contribution is -2.17. The topological polar surface area (TPSA) is 88.4 Å². The summed E-state index contributed by atoms with van der Waals surface area (Å²) >= 11 is 0.847. The Labute approximate surface area is 148 Å². The third-order valence-corrected chi connectivity index (χ3v) is 4.17. The van der Waals surface area contributed by atoms with E-state index in [4.69, 9.17) is 14.7 Å². The van der Waals surface area contributed by atoms with Crippen LogP contribution in [-0.4, -0.2) is 18.3 Å². The van der Waals surface area contributed by atoms with Crippen LogP contribution < -0.4 is 14.8 Å². The number of nitrogens with one attached hydrogen (secondary N) is 1. The fourth-order valence-corrected chi connectivity index (χ4v) is 2.88. The Balaban J connectivity index is 1.90. The van der Waals surface area contributed by atoms with Crippen molar-refractivity contribution >= 4 is 29.0 Å². The Morgan fingerprint density at radius 2 is 1.92 bits per heavy atom. The lowest BCUT2D eigenvalue weighted by atomic mass is 10.1. The third-order valence-electron chi connectivity index (χ3n) is 3.35. The minimum atomic E-state index is -0.419. The number of methoxy groups -OCH3 is 1. The van der Waals surface area contributed by atoms with Gasteiger partial charge in [0.1, 0.15) is 11.8 Å². The lowest BCUT2D eigenvalue weighted by Gasteiger charge is -2.12. The summed E-state index contributed by atoms with van der Waals surface area (Å²) in [5, 5.41) is 10.9. The van der Waals surface area contributed by atoms with Crippen molar-refractivity contribution in [3.8, 4) is 23.3 Å². The van der Waals surface area contributed by atoms with Gasteiger partial charge >= 0.3 is 0 Å². The number of hydrogen-bond acceptors (Lipinski definition) is 6. The zero-order valence-corrected chi connectivity index (χ0v) is 13.9. The van der Waals surface area contributed by atoms with E-state index in [1.165, 1.54) is 7.11 Å². The molecule has 6 nitrogen and oxygen atoms in total. The molecule has 1 heterocycles. The van der Waals surface area contributed by atoms with Gasteiger partial charge in [0.05, 0.1) is 17.6 Å². The van der Waals surface area contributed by atoms with Gasteiger partial charge in [-0.3, -0.25) is 14.9 Å². The molecule has 2 aromatic rings. The van der Waals surface area contributed by atoms with Gasteiger partial charge in [0.2, 0.25) is 0 Å². The van der Waals surface area contributed by atoms with Crippen molar-refractivity contribution < 1.29 is 19.1 Å². The van der Waals surface area contributed by atoms with E-state index < -0.39 is 11.1 Å². The first kappa shape index (κ1) is 16.6. The maximum absolute atomic E-state index is 11.6. The third kappa shape index (κ3) is 3.65. The molecule has 0 saturated carbocycles. The highest BCUT2D eigenvalue weighted by Gasteiger charge is 2.25. The summed E-state index contributed by atoms with van der Waals surface area (Å²) in [5.74, 6) is 0.881. The van der Waals surface area contributed by atoms with Crippen molar-refractivity contribution in [1.29, 1.82) is 5.26 Å². The number of carbonyl (C=O) groups excluding carboxylic acids is 2. The molecule has 124 valence electrons. The van der Waals surface area contributed by atoms with Crippen LogP contribution in [0.4, 0.5) is 4.79 Å². The first-order chi connectivity index (χ1) is 12.1. The van der Waals surface area contributed by atoms with Gasteiger partial charge in [-0.1, -0.05) is 18.2 Å². The summed E-state index contributed by atoms with van der Waals surface area (Å²) < 4.78 is 11.1. The van der Waals surface area contributed by atoms with Gasteiger partial charge < -0.3 is 9.47 Å². The number of hydrogen-bond donors (Lipinski definition) is 1. The van der Waals surface area contributed by atoms with E-state index >= 15 is 0 Å². The second-order valence-corrected chi connectivity index (χ2v) is 5.99. The number of carbonyl (C=O) groups is 2. The maximum Gasteiger partial charge on any atom is 0.290 e. The van der Waals surface area contributed by atoms with Crippen molar-refractivity contribution in [2.75, 3.05) is 7.11 Å². The molecule has 1 aliphatic rings. The lowest BCUT2D eigenvalue weighted by molar-refractivity contribution is -0.115. The molecule has 2 amide bonds. The smallest absolute Gasteiger partial charge is 0.290 e. The van der Waals surface area contributed by atoms with Crippen LogP contribution in [0.25, 0.3) is 6.08 Å². The molecule has 1 fully saturated rings. The molecule has 0 radical (unpaired) electrons. The fourth-order valence-electron chi connectivity index (χ4n) is 2.20. The van der Waals surface area contributed by atoms with Gasteiger partial charge in [-0.2, -0.15) is 5.26 Å². The first-order valence-corrected chi connectivity index (χ1v) is 8.02. The molecule has 1 saturated heterocycles. The minimum Gasteiger partial charge on any atom is -0.493 e. The van der Waals surface area contributed by atoms with Crippen molar-refractivity contribution in [3.63, 3.8) is 0 Å². The molecule has 0 bridgehead atoms. The van der Waals surface area contributed by atoms with Gasteiger partial charge in [-0.05, 0) is 47.7 Å². The van der Waals surface area contributed by atoms with Crippen LogP contribution in [-0.2, 0) is 4.79 Å². The van der Waals surface area contributed by atoms with E-state index in [9.17, 15) is 9.59 Å². The second kappa shape index (κ2) is 7.11. The van der Waals surface area contributed by atoms with E-state index in [-0.39, 0.29) is 0 Å². The van der Waals surface area contributed by atoms with Crippen LogP contribution in [0.2, 0.25) is 0 Å². The minimum absolute atomic E-state index is 0.315. The predicted octanol–water partition coefficient (Wildman–Crippen LogP) is 3.68. The average Bonchev–Trinajstić information content (AvgIpc) is 2.93. The number of amides is 2. The highest BCUT2D eigenvalue weighted by atomic mass is 32.2. The number of para-hydroxylation sites is 1. The zero-order valence-electron chi connectivity index (χ0n) is 13.1. The van der Waals surface area contributed by atoms with Crippen LogP contribution >= 0.6 is 11.8 Å². The van der Waals surface area contributed by atoms with Crippen molar-refractivity contribution in [2.24, 2.45) is 0 Å². The second-order valence-electron chi connectivity index (χ2n) is 4.97. The molecule has 0 unspecified atom stereocenters. The highest BCUT2D eigenvalue weighted by molar-refractivity contribution is 8.18. The molecule has 0 atom stereocenters. The first-order valence-electron chi connectivity index (χ1n) is 7.20. The monoisotopic (exact) mass is 352 g/mol.